The van der Waals surface area contributed by atoms with Gasteiger partial charge < -0.3 is 10.5 Å². The number of nitrogens with zero attached hydrogens (tertiary/aromatic N) is 1. The first-order chi connectivity index (χ1) is 12.5. The van der Waals surface area contributed by atoms with Gasteiger partial charge in [0.05, 0.1) is 12.9 Å². The zero-order valence-electron chi connectivity index (χ0n) is 14.9. The van der Waals surface area contributed by atoms with Gasteiger partial charge in [0.1, 0.15) is 0 Å². The lowest BCUT2D eigenvalue weighted by Gasteiger charge is -2.11. The maximum Gasteiger partial charge on any atom is 0.221 e. The van der Waals surface area contributed by atoms with Crippen LogP contribution in [-0.4, -0.2) is 17.9 Å². The molecule has 27 heavy (non-hydrogen) atoms. The number of amidine groups is 1. The summed E-state index contributed by atoms with van der Waals surface area (Å²) in [5, 5.41) is 8.05. The molecule has 4 nitrogen and oxygen atoms in total. The van der Waals surface area contributed by atoms with E-state index in [1.807, 2.05) is 42.6 Å². The molecule has 0 unspecified atom stereocenters. The van der Waals surface area contributed by atoms with Crippen LogP contribution in [0.1, 0.15) is 16.7 Å². The second-order valence-corrected chi connectivity index (χ2v) is 6.54. The van der Waals surface area contributed by atoms with Crippen LogP contribution in [0.4, 0.5) is 0 Å². The molecular weight excluding hydrogens is 381 g/mol. The molecule has 3 N–H and O–H groups in total. The van der Waals surface area contributed by atoms with Gasteiger partial charge in [-0.25, -0.2) is 4.98 Å². The van der Waals surface area contributed by atoms with Gasteiger partial charge in [-0.05, 0) is 46.9 Å². The van der Waals surface area contributed by atoms with Crippen molar-refractivity contribution < 1.29 is 4.74 Å². The zero-order chi connectivity index (χ0) is 18.5. The highest BCUT2D eigenvalue weighted by Gasteiger charge is 2.10. The summed E-state index contributed by atoms with van der Waals surface area (Å²) >= 11 is 6.13. The average molecular weight is 402 g/mol. The smallest absolute Gasteiger partial charge is 0.221 e. The van der Waals surface area contributed by atoms with Gasteiger partial charge in [-0.1, -0.05) is 48.0 Å². The molecule has 0 amide bonds. The highest BCUT2D eigenvalue weighted by atomic mass is 35.5. The Morgan fingerprint density at radius 2 is 1.78 bits per heavy atom. The Balaban J connectivity index is 0.00000261. The Labute approximate surface area is 170 Å². The number of ether oxygens (including phenoxy) is 1. The number of hydrogen-bond acceptors (Lipinski definition) is 3. The van der Waals surface area contributed by atoms with Gasteiger partial charge in [-0.2, -0.15) is 0 Å². The Kier molecular flexibility index (Phi) is 7.22. The minimum atomic E-state index is 0. The summed E-state index contributed by atoms with van der Waals surface area (Å²) in [6.07, 6.45) is 3.06. The molecule has 2 aromatic carbocycles. The van der Waals surface area contributed by atoms with Gasteiger partial charge in [0, 0.05) is 23.2 Å². The van der Waals surface area contributed by atoms with Crippen LogP contribution in [0.25, 0.3) is 11.1 Å². The minimum absolute atomic E-state index is 0. The van der Waals surface area contributed by atoms with E-state index in [0.717, 1.165) is 28.7 Å². The van der Waals surface area contributed by atoms with Crippen molar-refractivity contribution >= 4 is 29.8 Å². The molecule has 0 radical (unpaired) electrons. The number of nitrogens with two attached hydrogens (primary N) is 1. The van der Waals surface area contributed by atoms with E-state index < -0.39 is 0 Å². The summed E-state index contributed by atoms with van der Waals surface area (Å²) in [7, 11) is 1.61. The highest BCUT2D eigenvalue weighted by Crippen LogP contribution is 2.31. The zero-order valence-corrected chi connectivity index (χ0v) is 16.5. The maximum absolute atomic E-state index is 7.37. The number of halogens is 2. The molecule has 1 heterocycles. The molecule has 0 saturated heterocycles. The fourth-order valence-corrected chi connectivity index (χ4v) is 3.04. The van der Waals surface area contributed by atoms with E-state index in [-0.39, 0.29) is 18.2 Å². The van der Waals surface area contributed by atoms with Crippen LogP contribution in [-0.2, 0) is 12.8 Å². The van der Waals surface area contributed by atoms with Crippen LogP contribution in [0.5, 0.6) is 5.88 Å². The van der Waals surface area contributed by atoms with Crippen LogP contribution in [0.3, 0.4) is 0 Å². The van der Waals surface area contributed by atoms with Crippen molar-refractivity contribution in [2.45, 2.75) is 12.8 Å². The van der Waals surface area contributed by atoms with Crippen molar-refractivity contribution in [3.8, 4) is 17.0 Å². The normalized spacial score (nSPS) is 10.1. The Morgan fingerprint density at radius 1 is 1.07 bits per heavy atom. The predicted octanol–water partition coefficient (Wildman–Crippen LogP) is 4.90. The van der Waals surface area contributed by atoms with Gasteiger partial charge in [-0.3, -0.25) is 5.41 Å². The van der Waals surface area contributed by atoms with E-state index >= 15 is 0 Å². The van der Waals surface area contributed by atoms with Crippen LogP contribution < -0.4 is 10.5 Å². The topological polar surface area (TPSA) is 72.0 Å². The standard InChI is InChI=1S/C21H20ClN3O.ClH/c1-26-21-19(17-3-2-4-18(22)12-17)10-16(13-25-21)9-14-5-7-15(8-6-14)11-20(23)24;/h2-8,10,12-13H,9,11H2,1H3,(H3,23,24);1H. The number of rotatable bonds is 6. The average Bonchev–Trinajstić information content (AvgIpc) is 2.63. The van der Waals surface area contributed by atoms with E-state index in [0.29, 0.717) is 17.3 Å². The van der Waals surface area contributed by atoms with Crippen molar-refractivity contribution in [3.63, 3.8) is 0 Å². The Morgan fingerprint density at radius 3 is 2.41 bits per heavy atom. The molecule has 0 aliphatic rings. The molecule has 0 aliphatic heterocycles. The number of aromatic nitrogens is 1. The van der Waals surface area contributed by atoms with Gasteiger partial charge in [-0.15, -0.1) is 12.4 Å². The SMILES string of the molecule is COc1ncc(Cc2ccc(CC(=N)N)cc2)cc1-c1cccc(Cl)c1.Cl. The third-order valence-corrected chi connectivity index (χ3v) is 4.30. The molecule has 0 fully saturated rings. The van der Waals surface area contributed by atoms with Crippen molar-refractivity contribution in [2.75, 3.05) is 7.11 Å². The molecule has 0 spiro atoms. The molecule has 6 heteroatoms. The van der Waals surface area contributed by atoms with Crippen molar-refractivity contribution in [3.05, 3.63) is 82.5 Å². The number of benzene rings is 2. The first-order valence-electron chi connectivity index (χ1n) is 8.24. The number of methoxy groups -OCH3 is 1. The van der Waals surface area contributed by atoms with E-state index in [1.165, 1.54) is 5.56 Å². The summed E-state index contributed by atoms with van der Waals surface area (Å²) in [4.78, 5) is 4.45. The van der Waals surface area contributed by atoms with E-state index in [9.17, 15) is 0 Å². The summed E-state index contributed by atoms with van der Waals surface area (Å²) in [6.45, 7) is 0. The van der Waals surface area contributed by atoms with Crippen molar-refractivity contribution in [1.29, 1.82) is 5.41 Å². The molecule has 0 saturated carbocycles. The molecule has 0 aliphatic carbocycles. The first-order valence-corrected chi connectivity index (χ1v) is 8.62. The molecular formula is C21H21Cl2N3O. The second-order valence-electron chi connectivity index (χ2n) is 6.11. The van der Waals surface area contributed by atoms with Crippen LogP contribution >= 0.6 is 24.0 Å². The lowest BCUT2D eigenvalue weighted by Crippen LogP contribution is -2.12. The number of nitrogens with one attached hydrogen (secondary N) is 1. The van der Waals surface area contributed by atoms with E-state index in [1.54, 1.807) is 7.11 Å². The lowest BCUT2D eigenvalue weighted by atomic mass is 10.00. The van der Waals surface area contributed by atoms with Crippen molar-refractivity contribution in [2.24, 2.45) is 5.73 Å². The summed E-state index contributed by atoms with van der Waals surface area (Å²) in [5.74, 6) is 0.746. The molecule has 140 valence electrons. The summed E-state index contributed by atoms with van der Waals surface area (Å²) in [6, 6.07) is 17.9. The maximum atomic E-state index is 7.37. The van der Waals surface area contributed by atoms with Gasteiger partial charge in [0.15, 0.2) is 0 Å². The van der Waals surface area contributed by atoms with E-state index in [2.05, 4.69) is 23.2 Å². The van der Waals surface area contributed by atoms with Crippen molar-refractivity contribution in [1.82, 2.24) is 4.98 Å². The van der Waals surface area contributed by atoms with Gasteiger partial charge in [0.25, 0.3) is 0 Å². The van der Waals surface area contributed by atoms with Crippen LogP contribution in [0, 0.1) is 5.41 Å². The Bertz CT molecular complexity index is 927. The molecule has 0 atom stereocenters. The molecule has 3 aromatic rings. The monoisotopic (exact) mass is 401 g/mol. The minimum Gasteiger partial charge on any atom is -0.481 e. The number of hydrogen-bond donors (Lipinski definition) is 2. The quantitative estimate of drug-likeness (QED) is 0.455. The van der Waals surface area contributed by atoms with Gasteiger partial charge in [0.2, 0.25) is 5.88 Å². The lowest BCUT2D eigenvalue weighted by molar-refractivity contribution is 0.399. The fourth-order valence-electron chi connectivity index (χ4n) is 2.85. The third-order valence-electron chi connectivity index (χ3n) is 4.06. The fraction of sp³-hybridized carbons (Fsp3) is 0.143. The number of pyridine rings is 1. The molecule has 1 aromatic heterocycles. The van der Waals surface area contributed by atoms with Crippen LogP contribution in [0.15, 0.2) is 60.8 Å². The second kappa shape index (κ2) is 9.40. The third kappa shape index (κ3) is 5.46. The van der Waals surface area contributed by atoms with E-state index in [4.69, 9.17) is 27.5 Å². The summed E-state index contributed by atoms with van der Waals surface area (Å²) in [5.41, 5.74) is 10.6. The van der Waals surface area contributed by atoms with Crippen LogP contribution in [0.2, 0.25) is 5.02 Å². The molecule has 3 rings (SSSR count). The van der Waals surface area contributed by atoms with Gasteiger partial charge >= 0.3 is 0 Å². The predicted molar refractivity (Wildman–Crippen MR) is 113 cm³/mol. The Hall–Kier alpha value is -2.56. The molecule has 0 bridgehead atoms. The highest BCUT2D eigenvalue weighted by molar-refractivity contribution is 6.30. The largest absolute Gasteiger partial charge is 0.481 e. The first kappa shape index (κ1) is 20.7. The summed E-state index contributed by atoms with van der Waals surface area (Å²) < 4.78 is 5.41.